The summed E-state index contributed by atoms with van der Waals surface area (Å²) in [4.78, 5) is 50.7. The van der Waals surface area contributed by atoms with Crippen molar-refractivity contribution >= 4 is 67.7 Å². The van der Waals surface area contributed by atoms with Gasteiger partial charge in [0.25, 0.3) is 5.92 Å². The van der Waals surface area contributed by atoms with E-state index >= 15 is 8.78 Å². The van der Waals surface area contributed by atoms with Crippen LogP contribution in [0.15, 0.2) is 42.5 Å². The van der Waals surface area contributed by atoms with Crippen LogP contribution >= 0.6 is 19.2 Å². The molecule has 2 aromatic carbocycles. The number of fused-ring (bicyclic) bond motifs is 2. The second-order valence-corrected chi connectivity index (χ2v) is 24.7. The summed E-state index contributed by atoms with van der Waals surface area (Å²) in [5.74, 6) is -5.27. The second kappa shape index (κ2) is 21.0. The van der Waals surface area contributed by atoms with Crippen LogP contribution in [0.2, 0.25) is 5.02 Å². The van der Waals surface area contributed by atoms with E-state index in [-0.39, 0.29) is 43.3 Å². The molecule has 75 heavy (non-hydrogen) atoms. The van der Waals surface area contributed by atoms with E-state index in [0.29, 0.717) is 12.3 Å². The summed E-state index contributed by atoms with van der Waals surface area (Å²) in [6.45, 7) is -0.359. The summed E-state index contributed by atoms with van der Waals surface area (Å²) < 4.78 is 209. The molecule has 4 N–H and O–H groups in total. The van der Waals surface area contributed by atoms with Crippen LogP contribution in [-0.2, 0) is 67.3 Å². The van der Waals surface area contributed by atoms with Crippen molar-refractivity contribution in [1.29, 1.82) is 0 Å². The third kappa shape index (κ3) is 13.4. The molecule has 0 aliphatic heterocycles. The summed E-state index contributed by atoms with van der Waals surface area (Å²) in [7, 11) is -13.3. The highest BCUT2D eigenvalue weighted by Crippen LogP contribution is 2.50. The maximum Gasteiger partial charge on any atom is 0.435 e. The number of nitrogens with one attached hydrogen (secondary N) is 2. The van der Waals surface area contributed by atoms with Crippen molar-refractivity contribution < 1.29 is 84.7 Å². The van der Waals surface area contributed by atoms with Crippen molar-refractivity contribution in [3.63, 3.8) is 0 Å². The highest BCUT2D eigenvalue weighted by atomic mass is 35.5. The van der Waals surface area contributed by atoms with E-state index in [1.807, 2.05) is 0 Å². The number of aromatic nitrogens is 5. The number of rotatable bonds is 16. The number of halogens is 11. The molecule has 6 rings (SSSR count). The second-order valence-electron chi connectivity index (χ2n) is 18.1. The first-order valence-electron chi connectivity index (χ1n) is 21.9. The number of amides is 3. The molecule has 0 spiro atoms. The molecule has 5 aromatic rings. The van der Waals surface area contributed by atoms with Gasteiger partial charge >= 0.3 is 26.0 Å². The normalized spacial score (nSPS) is 15.6. The SMILES string of the molecule is C[C@@H]1Cc2c(C(F)(F)F)nn(CC(=O)N[C@@H](Cc3cc(F)cc(F)c3)c3nc(C#CC(C)(C)S(C)(=O)=O)ccc3-c3ccc(Cl)c4c(N(C(=O)NCCCCP(=O)(O)O)S(C)(=O)=O)nn(CC(F)(F)F)c34)c2C1(F)F. The Morgan fingerprint density at radius 3 is 2.16 bits per heavy atom. The number of alkyl halides is 8. The number of anilines is 1. The lowest BCUT2D eigenvalue weighted by Gasteiger charge is -2.23. The lowest BCUT2D eigenvalue weighted by atomic mass is 9.93. The molecule has 0 radical (unpaired) electrons. The molecule has 17 nitrogen and oxygen atoms in total. The number of hydrogen-bond acceptors (Lipinski definition) is 10. The first-order chi connectivity index (χ1) is 34.3. The highest BCUT2D eigenvalue weighted by Gasteiger charge is 2.54. The van der Waals surface area contributed by atoms with Gasteiger partial charge in [-0.3, -0.25) is 18.7 Å². The molecule has 1 aliphatic rings. The van der Waals surface area contributed by atoms with Crippen LogP contribution in [0, 0.1) is 29.4 Å². The lowest BCUT2D eigenvalue weighted by Crippen LogP contribution is -2.44. The summed E-state index contributed by atoms with van der Waals surface area (Å²) >= 11 is 6.62. The number of benzene rings is 2. The zero-order chi connectivity index (χ0) is 56.2. The van der Waals surface area contributed by atoms with Crippen LogP contribution in [0.4, 0.5) is 54.5 Å². The standard InChI is InChI=1S/C44H44ClF10N8O9PS2/c1-23-16-30-37(44(53,54)55)59-61(38(30)43(23,51)52)21-33(64)58-32(19-24-17-25(46)20-26(47)18-24)35-28(9-8-27(57-35)12-13-41(2,3)74(4,69)70)29-10-11-31(45)34-36(29)62(22-42(48,49)50)60-39(34)63(75(5,71)72)40(65)56-14-6-7-15-73(66,67)68/h8-11,17-18,20,23,32H,6-7,14-16,19,21-22H2,1-5H3,(H,56,65)(H,58,64)(H2,66,67,68)/t23-,32+/m1/s1. The summed E-state index contributed by atoms with van der Waals surface area (Å²) in [6.07, 6.45) is -11.5. The largest absolute Gasteiger partial charge is 0.435 e. The van der Waals surface area contributed by atoms with E-state index in [0.717, 1.165) is 49.6 Å². The molecule has 31 heteroatoms. The van der Waals surface area contributed by atoms with Gasteiger partial charge in [-0.1, -0.05) is 30.5 Å². The molecule has 0 saturated carbocycles. The van der Waals surface area contributed by atoms with Crippen LogP contribution < -0.4 is 14.9 Å². The Balaban J connectivity index is 1.62. The van der Waals surface area contributed by atoms with Gasteiger partial charge in [-0.15, -0.1) is 0 Å². The van der Waals surface area contributed by atoms with Gasteiger partial charge in [0.15, 0.2) is 21.3 Å². The quantitative estimate of drug-likeness (QED) is 0.0321. The van der Waals surface area contributed by atoms with E-state index in [4.69, 9.17) is 11.6 Å². The Labute approximate surface area is 426 Å². The van der Waals surface area contributed by atoms with Crippen molar-refractivity contribution in [2.24, 2.45) is 5.92 Å². The molecule has 408 valence electrons. The zero-order valence-electron chi connectivity index (χ0n) is 39.7. The molecule has 3 amide bonds. The predicted octanol–water partition coefficient (Wildman–Crippen LogP) is 7.80. The van der Waals surface area contributed by atoms with Gasteiger partial charge in [0, 0.05) is 47.6 Å². The minimum Gasteiger partial charge on any atom is -0.346 e. The Kier molecular flexibility index (Phi) is 16.4. The Morgan fingerprint density at radius 2 is 1.59 bits per heavy atom. The third-order valence-corrected chi connectivity index (χ3v) is 15.9. The smallest absolute Gasteiger partial charge is 0.346 e. The fourth-order valence-electron chi connectivity index (χ4n) is 8.00. The van der Waals surface area contributed by atoms with Gasteiger partial charge < -0.3 is 20.4 Å². The van der Waals surface area contributed by atoms with Gasteiger partial charge in [-0.25, -0.2) is 35.4 Å². The van der Waals surface area contributed by atoms with E-state index in [2.05, 4.69) is 37.7 Å². The van der Waals surface area contributed by atoms with E-state index in [1.54, 1.807) is 0 Å². The van der Waals surface area contributed by atoms with Crippen LogP contribution in [-0.4, -0.2) is 99.2 Å². The Morgan fingerprint density at radius 1 is 0.960 bits per heavy atom. The van der Waals surface area contributed by atoms with Gasteiger partial charge in [0.2, 0.25) is 15.9 Å². The summed E-state index contributed by atoms with van der Waals surface area (Å²) in [6, 6.07) is 3.04. The zero-order valence-corrected chi connectivity index (χ0v) is 43.0. The summed E-state index contributed by atoms with van der Waals surface area (Å²) in [5.41, 5.74) is -6.33. The van der Waals surface area contributed by atoms with Crippen molar-refractivity contribution in [3.8, 4) is 23.0 Å². The molecular formula is C44H44ClF10N8O9PS2. The van der Waals surface area contributed by atoms with Gasteiger partial charge in [-0.2, -0.15) is 49.6 Å². The Bertz CT molecular complexity index is 3410. The molecule has 2 atom stereocenters. The topological polar surface area (TPSA) is 236 Å². The van der Waals surface area contributed by atoms with Crippen LogP contribution in [0.3, 0.4) is 0 Å². The average Bonchev–Trinajstić information content (AvgIpc) is 3.86. The number of urea groups is 1. The first kappa shape index (κ1) is 58.5. The maximum atomic E-state index is 15.6. The number of unbranched alkanes of at least 4 members (excludes halogenated alkanes) is 1. The van der Waals surface area contributed by atoms with E-state index in [9.17, 15) is 75.9 Å². The van der Waals surface area contributed by atoms with E-state index in [1.165, 1.54) is 13.8 Å². The van der Waals surface area contributed by atoms with Crippen molar-refractivity contribution in [1.82, 2.24) is 35.2 Å². The first-order valence-corrected chi connectivity index (χ1v) is 27.8. The number of sulfone groups is 1. The number of carbonyl (C=O) groups excluding carboxylic acids is 2. The molecule has 0 bridgehead atoms. The number of carbonyl (C=O) groups is 2. The maximum absolute atomic E-state index is 15.6. The van der Waals surface area contributed by atoms with Gasteiger partial charge in [0.05, 0.1) is 33.9 Å². The number of nitrogens with zero attached hydrogens (tertiary/aromatic N) is 6. The fourth-order valence-corrected chi connectivity index (χ4v) is 9.91. The molecule has 1 aliphatic carbocycles. The van der Waals surface area contributed by atoms with Crippen LogP contribution in [0.1, 0.15) is 73.6 Å². The van der Waals surface area contributed by atoms with Crippen molar-refractivity contribution in [2.45, 2.75) is 88.6 Å². The minimum atomic E-state index is -5.26. The minimum absolute atomic E-state index is 0.0236. The molecule has 0 unspecified atom stereocenters. The third-order valence-electron chi connectivity index (χ3n) is 11.7. The van der Waals surface area contributed by atoms with E-state index < -0.39 is 175 Å². The fraction of sp³-hybridized carbons (Fsp3) is 0.432. The van der Waals surface area contributed by atoms with Crippen molar-refractivity contribution in [2.75, 3.05) is 29.5 Å². The molecule has 3 aromatic heterocycles. The average molecular weight is 1150 g/mol. The number of pyridine rings is 1. The molecule has 0 fully saturated rings. The lowest BCUT2D eigenvalue weighted by molar-refractivity contribution is -0.143. The molecule has 3 heterocycles. The monoisotopic (exact) mass is 1150 g/mol. The Hall–Kier alpha value is -5.79. The predicted molar refractivity (Wildman–Crippen MR) is 252 cm³/mol. The number of hydrogen-bond donors (Lipinski definition) is 4. The van der Waals surface area contributed by atoms with Crippen LogP contribution in [0.5, 0.6) is 0 Å². The summed E-state index contributed by atoms with van der Waals surface area (Å²) in [5, 5.41) is 10.7. The highest BCUT2D eigenvalue weighted by molar-refractivity contribution is 7.93. The van der Waals surface area contributed by atoms with Crippen LogP contribution in [0.25, 0.3) is 22.0 Å². The van der Waals surface area contributed by atoms with Gasteiger partial charge in [-0.05, 0) is 81.3 Å². The number of sulfonamides is 1. The molecular weight excluding hydrogens is 1110 g/mol. The molecule has 0 saturated heterocycles. The van der Waals surface area contributed by atoms with Gasteiger partial charge in [0.1, 0.15) is 40.9 Å². The van der Waals surface area contributed by atoms with Crippen molar-refractivity contribution in [3.05, 3.63) is 93.0 Å².